The first-order valence-electron chi connectivity index (χ1n) is 8.92. The van der Waals surface area contributed by atoms with E-state index < -0.39 is 5.60 Å². The molecule has 0 bridgehead atoms. The Kier molecular flexibility index (Phi) is 5.19. The van der Waals surface area contributed by atoms with Crippen molar-refractivity contribution in [3.8, 4) is 0 Å². The first-order valence-corrected chi connectivity index (χ1v) is 8.92. The van der Waals surface area contributed by atoms with Gasteiger partial charge in [0.1, 0.15) is 5.60 Å². The Bertz CT molecular complexity index is 582. The van der Waals surface area contributed by atoms with Crippen LogP contribution in [0, 0.1) is 0 Å². The Labute approximate surface area is 143 Å². The summed E-state index contributed by atoms with van der Waals surface area (Å²) in [5, 5.41) is 13.3. The minimum Gasteiger partial charge on any atom is -0.380 e. The van der Waals surface area contributed by atoms with Gasteiger partial charge in [-0.2, -0.15) is 0 Å². The van der Waals surface area contributed by atoms with Gasteiger partial charge >= 0.3 is 0 Å². The fourth-order valence-corrected chi connectivity index (χ4v) is 3.67. The lowest BCUT2D eigenvalue weighted by Crippen LogP contribution is -2.49. The molecular weight excluding hydrogens is 304 g/mol. The molecule has 0 aromatic heterocycles. The highest BCUT2D eigenvalue weighted by Gasteiger charge is 2.40. The molecule has 0 spiro atoms. The van der Waals surface area contributed by atoms with Crippen LogP contribution in [-0.2, 0) is 16.0 Å². The third-order valence-electron chi connectivity index (χ3n) is 5.20. The highest BCUT2D eigenvalue weighted by Crippen LogP contribution is 2.29. The number of nitrogens with one attached hydrogen (secondary N) is 1. The van der Waals surface area contributed by atoms with E-state index in [-0.39, 0.29) is 17.9 Å². The molecule has 2 fully saturated rings. The normalized spacial score (nSPS) is 22.5. The number of carbonyl (C=O) groups excluding carboxylic acids is 2. The Morgan fingerprint density at radius 3 is 2.62 bits per heavy atom. The number of hydrogen-bond acceptors (Lipinski definition) is 3. The number of aryl methyl sites for hydroxylation is 1. The number of aliphatic hydroxyl groups is 1. The summed E-state index contributed by atoms with van der Waals surface area (Å²) in [6.07, 6.45) is 4.90. The molecule has 5 nitrogen and oxygen atoms in total. The Hall–Kier alpha value is -1.88. The molecule has 1 aromatic rings. The monoisotopic (exact) mass is 330 g/mol. The third kappa shape index (κ3) is 3.96. The van der Waals surface area contributed by atoms with Gasteiger partial charge < -0.3 is 15.3 Å². The fourth-order valence-electron chi connectivity index (χ4n) is 3.67. The molecule has 0 radical (unpaired) electrons. The highest BCUT2D eigenvalue weighted by atomic mass is 16.3. The molecule has 1 aliphatic heterocycles. The molecule has 2 N–H and O–H groups in total. The molecule has 130 valence electrons. The molecule has 1 heterocycles. The van der Waals surface area contributed by atoms with Crippen LogP contribution in [0.5, 0.6) is 0 Å². The number of amides is 2. The molecule has 1 aliphatic carbocycles. The van der Waals surface area contributed by atoms with Gasteiger partial charge in [0.05, 0.1) is 0 Å². The molecule has 2 aliphatic rings. The molecule has 1 aromatic carbocycles. The van der Waals surface area contributed by atoms with Crippen molar-refractivity contribution >= 4 is 11.8 Å². The van der Waals surface area contributed by atoms with Gasteiger partial charge in [-0.25, -0.2) is 0 Å². The molecule has 1 saturated heterocycles. The summed E-state index contributed by atoms with van der Waals surface area (Å²) < 4.78 is 0. The summed E-state index contributed by atoms with van der Waals surface area (Å²) in [6.45, 7) is 1.23. The molecule has 0 unspecified atom stereocenters. The van der Waals surface area contributed by atoms with Gasteiger partial charge in [0.2, 0.25) is 5.91 Å². The number of hydrogen-bond donors (Lipinski definition) is 2. The summed E-state index contributed by atoms with van der Waals surface area (Å²) in [4.78, 5) is 26.4. The van der Waals surface area contributed by atoms with Gasteiger partial charge in [-0.15, -0.1) is 0 Å². The minimum absolute atomic E-state index is 0.0391. The van der Waals surface area contributed by atoms with E-state index in [2.05, 4.69) is 5.32 Å². The second-order valence-corrected chi connectivity index (χ2v) is 7.02. The molecular formula is C19H26N2O3. The van der Waals surface area contributed by atoms with Crippen molar-refractivity contribution in [1.82, 2.24) is 10.2 Å². The van der Waals surface area contributed by atoms with Gasteiger partial charge in [0.25, 0.3) is 5.91 Å². The van der Waals surface area contributed by atoms with Gasteiger partial charge in [-0.1, -0.05) is 30.3 Å². The SMILES string of the molecule is O=C(CCc1ccccc1)N1CC[C@@H](NC(=O)C2(O)CCCC2)C1. The van der Waals surface area contributed by atoms with Crippen molar-refractivity contribution < 1.29 is 14.7 Å². The van der Waals surface area contributed by atoms with E-state index in [0.717, 1.165) is 25.7 Å². The number of likely N-dealkylation sites (tertiary alicyclic amines) is 1. The van der Waals surface area contributed by atoms with Gasteiger partial charge in [-0.3, -0.25) is 9.59 Å². The number of benzene rings is 1. The predicted molar refractivity (Wildman–Crippen MR) is 91.3 cm³/mol. The average molecular weight is 330 g/mol. The number of rotatable bonds is 5. The van der Waals surface area contributed by atoms with Gasteiger partial charge in [-0.05, 0) is 44.1 Å². The Balaban J connectivity index is 1.44. The standard InChI is InChI=1S/C19H26N2O3/c22-17(9-8-15-6-2-1-3-7-15)21-13-10-16(14-21)20-18(23)19(24)11-4-5-12-19/h1-3,6-7,16,24H,4-5,8-14H2,(H,20,23)/t16-/m1/s1. The summed E-state index contributed by atoms with van der Waals surface area (Å²) >= 11 is 0. The van der Waals surface area contributed by atoms with E-state index in [1.807, 2.05) is 35.2 Å². The van der Waals surface area contributed by atoms with Crippen LogP contribution in [0.4, 0.5) is 0 Å². The van der Waals surface area contributed by atoms with Crippen molar-refractivity contribution in [2.24, 2.45) is 0 Å². The van der Waals surface area contributed by atoms with Crippen LogP contribution in [0.3, 0.4) is 0 Å². The van der Waals surface area contributed by atoms with E-state index in [1.54, 1.807) is 0 Å². The van der Waals surface area contributed by atoms with E-state index in [9.17, 15) is 14.7 Å². The second-order valence-electron chi connectivity index (χ2n) is 7.02. The zero-order chi connectivity index (χ0) is 17.0. The van der Waals surface area contributed by atoms with Crippen molar-refractivity contribution in [1.29, 1.82) is 0 Å². The van der Waals surface area contributed by atoms with Crippen LogP contribution in [0.15, 0.2) is 30.3 Å². The molecule has 2 amide bonds. The molecule has 1 atom stereocenters. The van der Waals surface area contributed by atoms with E-state index in [4.69, 9.17) is 0 Å². The molecule has 1 saturated carbocycles. The van der Waals surface area contributed by atoms with E-state index in [0.29, 0.717) is 32.4 Å². The lowest BCUT2D eigenvalue weighted by Gasteiger charge is -2.24. The largest absolute Gasteiger partial charge is 0.380 e. The van der Waals surface area contributed by atoms with Crippen molar-refractivity contribution in [3.63, 3.8) is 0 Å². The maximum Gasteiger partial charge on any atom is 0.252 e. The van der Waals surface area contributed by atoms with Crippen LogP contribution >= 0.6 is 0 Å². The lowest BCUT2D eigenvalue weighted by molar-refractivity contribution is -0.140. The van der Waals surface area contributed by atoms with Crippen molar-refractivity contribution in [2.45, 2.75) is 56.6 Å². The summed E-state index contributed by atoms with van der Waals surface area (Å²) in [7, 11) is 0. The summed E-state index contributed by atoms with van der Waals surface area (Å²) in [5.41, 5.74) is -0.0246. The maximum absolute atomic E-state index is 12.3. The topological polar surface area (TPSA) is 69.6 Å². The lowest BCUT2D eigenvalue weighted by atomic mass is 10.0. The van der Waals surface area contributed by atoms with Crippen molar-refractivity contribution in [3.05, 3.63) is 35.9 Å². The summed E-state index contributed by atoms with van der Waals surface area (Å²) in [5.74, 6) is -0.126. The van der Waals surface area contributed by atoms with E-state index in [1.165, 1.54) is 5.56 Å². The Morgan fingerprint density at radius 1 is 1.21 bits per heavy atom. The average Bonchev–Trinajstić information content (AvgIpc) is 3.24. The van der Waals surface area contributed by atoms with Crippen LogP contribution in [-0.4, -0.2) is 46.6 Å². The van der Waals surface area contributed by atoms with E-state index >= 15 is 0 Å². The zero-order valence-corrected chi connectivity index (χ0v) is 14.0. The third-order valence-corrected chi connectivity index (χ3v) is 5.20. The van der Waals surface area contributed by atoms with Crippen LogP contribution in [0.25, 0.3) is 0 Å². The number of nitrogens with zero attached hydrogens (tertiary/aromatic N) is 1. The van der Waals surface area contributed by atoms with Crippen molar-refractivity contribution in [2.75, 3.05) is 13.1 Å². The zero-order valence-electron chi connectivity index (χ0n) is 14.0. The second kappa shape index (κ2) is 7.34. The van der Waals surface area contributed by atoms with Gasteiger partial charge in [0, 0.05) is 25.6 Å². The van der Waals surface area contributed by atoms with Crippen LogP contribution in [0.1, 0.15) is 44.1 Å². The van der Waals surface area contributed by atoms with Crippen LogP contribution < -0.4 is 5.32 Å². The highest BCUT2D eigenvalue weighted by molar-refractivity contribution is 5.85. The quantitative estimate of drug-likeness (QED) is 0.862. The fraction of sp³-hybridized carbons (Fsp3) is 0.579. The first-order chi connectivity index (χ1) is 11.6. The van der Waals surface area contributed by atoms with Crippen LogP contribution in [0.2, 0.25) is 0 Å². The molecule has 5 heteroatoms. The maximum atomic E-state index is 12.3. The smallest absolute Gasteiger partial charge is 0.252 e. The predicted octanol–water partition coefficient (Wildman–Crippen LogP) is 1.64. The summed E-state index contributed by atoms with van der Waals surface area (Å²) in [6, 6.07) is 9.95. The Morgan fingerprint density at radius 2 is 1.92 bits per heavy atom. The minimum atomic E-state index is -1.19. The molecule has 24 heavy (non-hydrogen) atoms. The first kappa shape index (κ1) is 17.0. The van der Waals surface area contributed by atoms with Gasteiger partial charge in [0.15, 0.2) is 0 Å². The number of carbonyl (C=O) groups is 2. The molecule has 3 rings (SSSR count).